The normalized spacial score (nSPS) is 35.4. The Morgan fingerprint density at radius 3 is 2.68 bits per heavy atom. The van der Waals surface area contributed by atoms with Gasteiger partial charge in [0.25, 0.3) is 0 Å². The van der Waals surface area contributed by atoms with Gasteiger partial charge in [-0.25, -0.2) is 0 Å². The average Bonchev–Trinajstić information content (AvgIpc) is 3.14. The highest BCUT2D eigenvalue weighted by Crippen LogP contribution is 2.67. The zero-order valence-electron chi connectivity index (χ0n) is 20.2. The molecule has 2 N–H and O–H groups in total. The molecule has 0 spiro atoms. The lowest BCUT2D eigenvalue weighted by atomic mass is 9.51. The van der Waals surface area contributed by atoms with Gasteiger partial charge < -0.3 is 15.1 Å². The number of oxime groups is 1. The number of fused-ring (bicyclic) bond motifs is 4. The standard InChI is InChI=1S/C29H35NO4/c1-28-17-25(20-6-4-19(5-7-20)18-30-33)27-23-11-9-22(32)16-21(23)8-10-24(27)26(28)12-14-29(28,34-2)13-3-15-31/h3-7,13,16,18,24-26,31,33H,8-12,14-15,17H2,1-2H3/b13-3-,30-18-/t24-,25+,26-,28-,29-/m0/s1. The molecule has 0 radical (unpaired) electrons. The van der Waals surface area contributed by atoms with E-state index in [2.05, 4.69) is 30.3 Å². The van der Waals surface area contributed by atoms with Gasteiger partial charge in [-0.3, -0.25) is 4.79 Å². The number of benzene rings is 1. The van der Waals surface area contributed by atoms with Gasteiger partial charge in [0.2, 0.25) is 0 Å². The smallest absolute Gasteiger partial charge is 0.156 e. The van der Waals surface area contributed by atoms with Crippen molar-refractivity contribution in [2.24, 2.45) is 22.4 Å². The van der Waals surface area contributed by atoms with Crippen LogP contribution < -0.4 is 0 Å². The van der Waals surface area contributed by atoms with Crippen LogP contribution in [0.15, 0.2) is 64.4 Å². The number of carbonyl (C=O) groups excluding carboxylic acids is 1. The molecule has 0 aliphatic heterocycles. The lowest BCUT2D eigenvalue weighted by Gasteiger charge is -2.55. The molecule has 5 atom stereocenters. The van der Waals surface area contributed by atoms with Gasteiger partial charge in [-0.1, -0.05) is 54.1 Å². The first-order valence-corrected chi connectivity index (χ1v) is 12.5. The van der Waals surface area contributed by atoms with E-state index in [1.165, 1.54) is 22.9 Å². The van der Waals surface area contributed by atoms with Crippen LogP contribution in [-0.2, 0) is 9.53 Å². The summed E-state index contributed by atoms with van der Waals surface area (Å²) in [5.41, 5.74) is 5.92. The van der Waals surface area contributed by atoms with Crippen LogP contribution in [0.5, 0.6) is 0 Å². The fourth-order valence-corrected chi connectivity index (χ4v) is 7.78. The molecule has 1 aromatic carbocycles. The maximum Gasteiger partial charge on any atom is 0.156 e. The maximum atomic E-state index is 12.2. The van der Waals surface area contributed by atoms with E-state index in [1.54, 1.807) is 5.57 Å². The highest BCUT2D eigenvalue weighted by atomic mass is 16.5. The van der Waals surface area contributed by atoms with Gasteiger partial charge >= 0.3 is 0 Å². The summed E-state index contributed by atoms with van der Waals surface area (Å²) in [7, 11) is 1.82. The van der Waals surface area contributed by atoms with Crippen LogP contribution >= 0.6 is 0 Å². The van der Waals surface area contributed by atoms with E-state index < -0.39 is 5.60 Å². The summed E-state index contributed by atoms with van der Waals surface area (Å²) in [4.78, 5) is 12.2. The Morgan fingerprint density at radius 2 is 1.97 bits per heavy atom. The molecule has 5 heteroatoms. The van der Waals surface area contributed by atoms with Crippen molar-refractivity contribution in [1.29, 1.82) is 0 Å². The van der Waals surface area contributed by atoms with Crippen molar-refractivity contribution in [2.75, 3.05) is 13.7 Å². The summed E-state index contributed by atoms with van der Waals surface area (Å²) >= 11 is 0. The Morgan fingerprint density at radius 1 is 1.18 bits per heavy atom. The number of ether oxygens (including phenoxy) is 1. The third kappa shape index (κ3) is 3.52. The molecule has 4 aliphatic rings. The summed E-state index contributed by atoms with van der Waals surface area (Å²) < 4.78 is 6.29. The quantitative estimate of drug-likeness (QED) is 0.269. The zero-order valence-corrected chi connectivity index (χ0v) is 20.2. The lowest BCUT2D eigenvalue weighted by molar-refractivity contribution is -0.114. The van der Waals surface area contributed by atoms with Crippen molar-refractivity contribution in [3.63, 3.8) is 0 Å². The van der Waals surface area contributed by atoms with Crippen molar-refractivity contribution < 1.29 is 19.8 Å². The Kier molecular flexibility index (Phi) is 6.11. The molecule has 0 heterocycles. The average molecular weight is 462 g/mol. The minimum Gasteiger partial charge on any atom is -0.411 e. The summed E-state index contributed by atoms with van der Waals surface area (Å²) in [6.45, 7) is 2.41. The molecular formula is C29H35NO4. The second-order valence-corrected chi connectivity index (χ2v) is 10.6. The van der Waals surface area contributed by atoms with E-state index in [9.17, 15) is 9.90 Å². The molecule has 0 unspecified atom stereocenters. The van der Waals surface area contributed by atoms with E-state index in [4.69, 9.17) is 9.94 Å². The van der Waals surface area contributed by atoms with Crippen LogP contribution in [0, 0.1) is 17.3 Å². The molecule has 180 valence electrons. The Bertz CT molecular complexity index is 1080. The molecule has 2 fully saturated rings. The molecular weight excluding hydrogens is 426 g/mol. The van der Waals surface area contributed by atoms with Gasteiger partial charge in [0, 0.05) is 24.9 Å². The van der Waals surface area contributed by atoms with Crippen LogP contribution in [0.1, 0.15) is 68.9 Å². The van der Waals surface area contributed by atoms with Crippen molar-refractivity contribution in [2.45, 2.75) is 63.4 Å². The van der Waals surface area contributed by atoms with Crippen molar-refractivity contribution in [3.8, 4) is 0 Å². The number of aliphatic hydroxyl groups excluding tert-OH is 1. The monoisotopic (exact) mass is 461 g/mol. The van der Waals surface area contributed by atoms with Gasteiger partial charge in [0.05, 0.1) is 18.4 Å². The van der Waals surface area contributed by atoms with Crippen LogP contribution in [0.4, 0.5) is 0 Å². The number of methoxy groups -OCH3 is 1. The highest BCUT2D eigenvalue weighted by Gasteiger charge is 2.62. The molecule has 5 rings (SSSR count). The molecule has 0 saturated heterocycles. The number of nitrogens with zero attached hydrogens (tertiary/aromatic N) is 1. The number of carbonyl (C=O) groups is 1. The second kappa shape index (κ2) is 8.94. The molecule has 2 saturated carbocycles. The first kappa shape index (κ1) is 23.3. The van der Waals surface area contributed by atoms with E-state index in [0.29, 0.717) is 18.3 Å². The van der Waals surface area contributed by atoms with E-state index >= 15 is 0 Å². The molecule has 0 aromatic heterocycles. The number of allylic oxidation sites excluding steroid dienone is 4. The fraction of sp³-hybridized carbons (Fsp3) is 0.517. The molecule has 0 amide bonds. The molecule has 34 heavy (non-hydrogen) atoms. The largest absolute Gasteiger partial charge is 0.411 e. The van der Waals surface area contributed by atoms with Crippen molar-refractivity contribution in [3.05, 3.63) is 70.3 Å². The number of ketones is 1. The number of aliphatic hydroxyl groups is 1. The number of rotatable bonds is 5. The number of hydrogen-bond donors (Lipinski definition) is 2. The third-order valence-electron chi connectivity index (χ3n) is 9.32. The second-order valence-electron chi connectivity index (χ2n) is 10.6. The van der Waals surface area contributed by atoms with Crippen LogP contribution in [-0.4, -0.2) is 41.6 Å². The Labute approximate surface area is 201 Å². The minimum absolute atomic E-state index is 0.0179. The molecule has 0 bridgehead atoms. The van der Waals surface area contributed by atoms with Crippen LogP contribution in [0.2, 0.25) is 0 Å². The van der Waals surface area contributed by atoms with Crippen LogP contribution in [0.25, 0.3) is 0 Å². The number of hydrogen-bond acceptors (Lipinski definition) is 5. The van der Waals surface area contributed by atoms with Crippen molar-refractivity contribution in [1.82, 2.24) is 0 Å². The van der Waals surface area contributed by atoms with Crippen LogP contribution in [0.3, 0.4) is 0 Å². The van der Waals surface area contributed by atoms with E-state index in [1.807, 2.05) is 31.4 Å². The summed E-state index contributed by atoms with van der Waals surface area (Å²) in [5, 5.41) is 21.6. The van der Waals surface area contributed by atoms with Gasteiger partial charge in [-0.15, -0.1) is 0 Å². The maximum absolute atomic E-state index is 12.2. The van der Waals surface area contributed by atoms with Gasteiger partial charge in [0.1, 0.15) is 0 Å². The zero-order chi connectivity index (χ0) is 23.9. The highest BCUT2D eigenvalue weighted by molar-refractivity contribution is 5.93. The van der Waals surface area contributed by atoms with E-state index in [-0.39, 0.29) is 23.7 Å². The lowest BCUT2D eigenvalue weighted by Crippen LogP contribution is -2.51. The SMILES string of the molecule is CO[C@@]1(/C=C\CO)CC[C@H]2[C@@H]3CCC4=CC(=O)CCC4=C3[C@@H](c3ccc(/C=N\O)cc3)C[C@@]21C. The Hall–Kier alpha value is -2.50. The summed E-state index contributed by atoms with van der Waals surface area (Å²) in [6, 6.07) is 8.35. The third-order valence-corrected chi connectivity index (χ3v) is 9.32. The molecule has 1 aromatic rings. The van der Waals surface area contributed by atoms with Crippen molar-refractivity contribution >= 4 is 12.0 Å². The van der Waals surface area contributed by atoms with Gasteiger partial charge in [-0.2, -0.15) is 0 Å². The predicted octanol–water partition coefficient (Wildman–Crippen LogP) is 5.33. The Balaban J connectivity index is 1.66. The van der Waals surface area contributed by atoms with Gasteiger partial charge in [-0.05, 0) is 78.7 Å². The van der Waals surface area contributed by atoms with Gasteiger partial charge in [0.15, 0.2) is 5.78 Å². The van der Waals surface area contributed by atoms with E-state index in [0.717, 1.165) is 44.1 Å². The molecule has 5 nitrogen and oxygen atoms in total. The minimum atomic E-state index is -0.392. The fourth-order valence-electron chi connectivity index (χ4n) is 7.78. The predicted molar refractivity (Wildman–Crippen MR) is 132 cm³/mol. The topological polar surface area (TPSA) is 79.1 Å². The molecule has 4 aliphatic carbocycles. The first-order chi connectivity index (χ1) is 16.5. The summed E-state index contributed by atoms with van der Waals surface area (Å²) in [6.07, 6.45) is 13.9. The first-order valence-electron chi connectivity index (χ1n) is 12.5. The summed E-state index contributed by atoms with van der Waals surface area (Å²) in [5.74, 6) is 1.49.